The van der Waals surface area contributed by atoms with Crippen molar-refractivity contribution in [3.05, 3.63) is 51.2 Å². The summed E-state index contributed by atoms with van der Waals surface area (Å²) < 4.78 is 0. The molecule has 3 heterocycles. The fourth-order valence-electron chi connectivity index (χ4n) is 3.95. The summed E-state index contributed by atoms with van der Waals surface area (Å²) in [4.78, 5) is 28.3. The number of aryl methyl sites for hydroxylation is 1. The highest BCUT2D eigenvalue weighted by molar-refractivity contribution is 7.10. The normalized spacial score (nSPS) is 19.6. The van der Waals surface area contributed by atoms with Crippen molar-refractivity contribution in [2.24, 2.45) is 0 Å². The number of amides is 2. The molecule has 0 fully saturated rings. The van der Waals surface area contributed by atoms with E-state index in [1.165, 1.54) is 10.4 Å². The second-order valence-corrected chi connectivity index (χ2v) is 7.75. The average molecular weight is 354 g/mol. The number of anilines is 1. The summed E-state index contributed by atoms with van der Waals surface area (Å²) in [5, 5.41) is 5.07. The van der Waals surface area contributed by atoms with Crippen molar-refractivity contribution in [1.82, 2.24) is 4.90 Å². The van der Waals surface area contributed by atoms with Gasteiger partial charge in [0.15, 0.2) is 0 Å². The molecule has 2 aliphatic rings. The standard InChI is InChI=1S/C20H22N2O2S/c1-2-17-15-9-11-25-18(15)8-10-22(17)20(24)14-6-7-16-13(12-14)4-3-5-19(23)21-16/h6-7,9,11-12,17H,2-5,8,10H2,1H3,(H,21,23)/t17-/m0/s1. The maximum atomic E-state index is 13.2. The number of rotatable bonds is 2. The summed E-state index contributed by atoms with van der Waals surface area (Å²) in [6.07, 6.45) is 4.08. The molecule has 0 aliphatic carbocycles. The van der Waals surface area contributed by atoms with Crippen LogP contribution in [-0.2, 0) is 17.6 Å². The number of nitrogens with zero attached hydrogens (tertiary/aromatic N) is 1. The van der Waals surface area contributed by atoms with Crippen LogP contribution in [0.5, 0.6) is 0 Å². The summed E-state index contributed by atoms with van der Waals surface area (Å²) in [7, 11) is 0. The number of benzene rings is 1. The van der Waals surface area contributed by atoms with E-state index >= 15 is 0 Å². The first kappa shape index (κ1) is 16.3. The molecule has 1 aromatic carbocycles. The van der Waals surface area contributed by atoms with Gasteiger partial charge in [0.05, 0.1) is 6.04 Å². The van der Waals surface area contributed by atoms with Crippen LogP contribution in [-0.4, -0.2) is 23.3 Å². The summed E-state index contributed by atoms with van der Waals surface area (Å²) in [5.74, 6) is 0.159. The highest BCUT2D eigenvalue weighted by atomic mass is 32.1. The number of hydrogen-bond donors (Lipinski definition) is 1. The van der Waals surface area contributed by atoms with Crippen LogP contribution in [0.15, 0.2) is 29.6 Å². The Bertz CT molecular complexity index is 827. The van der Waals surface area contributed by atoms with E-state index in [2.05, 4.69) is 23.7 Å². The quantitative estimate of drug-likeness (QED) is 0.880. The van der Waals surface area contributed by atoms with Crippen LogP contribution in [0.2, 0.25) is 0 Å². The summed E-state index contributed by atoms with van der Waals surface area (Å²) in [6, 6.07) is 8.04. The Balaban J connectivity index is 1.63. The molecule has 0 saturated carbocycles. The van der Waals surface area contributed by atoms with Crippen molar-refractivity contribution in [2.75, 3.05) is 11.9 Å². The molecule has 0 radical (unpaired) electrons. The zero-order chi connectivity index (χ0) is 17.4. The Labute approximate surface area is 151 Å². The number of thiophene rings is 1. The highest BCUT2D eigenvalue weighted by Crippen LogP contribution is 2.36. The first-order valence-electron chi connectivity index (χ1n) is 8.97. The summed E-state index contributed by atoms with van der Waals surface area (Å²) in [5.41, 5.74) is 3.96. The average Bonchev–Trinajstić information content (AvgIpc) is 3.02. The molecule has 1 atom stereocenters. The van der Waals surface area contributed by atoms with E-state index in [4.69, 9.17) is 0 Å². The van der Waals surface area contributed by atoms with E-state index in [0.717, 1.165) is 49.0 Å². The van der Waals surface area contributed by atoms with Crippen molar-refractivity contribution in [1.29, 1.82) is 0 Å². The van der Waals surface area contributed by atoms with Crippen molar-refractivity contribution < 1.29 is 9.59 Å². The molecule has 2 aromatic rings. The van der Waals surface area contributed by atoms with Crippen molar-refractivity contribution in [2.45, 2.75) is 45.1 Å². The number of nitrogens with one attached hydrogen (secondary N) is 1. The molecule has 0 unspecified atom stereocenters. The minimum absolute atomic E-state index is 0.0601. The Hall–Kier alpha value is -2.14. The van der Waals surface area contributed by atoms with E-state index in [9.17, 15) is 9.59 Å². The van der Waals surface area contributed by atoms with E-state index in [1.807, 2.05) is 23.1 Å². The Kier molecular flexibility index (Phi) is 4.34. The Morgan fingerprint density at radius 3 is 3.00 bits per heavy atom. The van der Waals surface area contributed by atoms with Gasteiger partial charge in [-0.25, -0.2) is 0 Å². The number of carbonyl (C=O) groups is 2. The van der Waals surface area contributed by atoms with Gasteiger partial charge in [0.25, 0.3) is 5.91 Å². The molecule has 0 bridgehead atoms. The lowest BCUT2D eigenvalue weighted by Gasteiger charge is -2.35. The van der Waals surface area contributed by atoms with Crippen LogP contribution in [0.1, 0.15) is 58.6 Å². The topological polar surface area (TPSA) is 49.4 Å². The zero-order valence-electron chi connectivity index (χ0n) is 14.4. The molecular formula is C20H22N2O2S. The van der Waals surface area contributed by atoms with Gasteiger partial charge in [-0.2, -0.15) is 0 Å². The van der Waals surface area contributed by atoms with Gasteiger partial charge in [-0.3, -0.25) is 9.59 Å². The smallest absolute Gasteiger partial charge is 0.254 e. The molecule has 1 aromatic heterocycles. The SMILES string of the molecule is CC[C@H]1c2ccsc2CCN1C(=O)c1ccc2c(c1)CCCC(=O)N2. The molecule has 5 heteroatoms. The van der Waals surface area contributed by atoms with Crippen LogP contribution in [0.4, 0.5) is 5.69 Å². The van der Waals surface area contributed by atoms with Gasteiger partial charge < -0.3 is 10.2 Å². The van der Waals surface area contributed by atoms with Crippen molar-refractivity contribution in [3.63, 3.8) is 0 Å². The molecule has 2 amide bonds. The molecule has 25 heavy (non-hydrogen) atoms. The van der Waals surface area contributed by atoms with Crippen molar-refractivity contribution in [3.8, 4) is 0 Å². The largest absolute Gasteiger partial charge is 0.331 e. The van der Waals surface area contributed by atoms with Gasteiger partial charge in [0.2, 0.25) is 5.91 Å². The Morgan fingerprint density at radius 2 is 2.16 bits per heavy atom. The van der Waals surface area contributed by atoms with Crippen LogP contribution in [0.3, 0.4) is 0 Å². The molecule has 2 aliphatic heterocycles. The number of fused-ring (bicyclic) bond motifs is 2. The van der Waals surface area contributed by atoms with Gasteiger partial charge in [0, 0.05) is 29.1 Å². The van der Waals surface area contributed by atoms with E-state index in [1.54, 1.807) is 11.3 Å². The van der Waals surface area contributed by atoms with Crippen molar-refractivity contribution >= 4 is 28.8 Å². The fourth-order valence-corrected chi connectivity index (χ4v) is 4.88. The Morgan fingerprint density at radius 1 is 1.28 bits per heavy atom. The second-order valence-electron chi connectivity index (χ2n) is 6.75. The maximum absolute atomic E-state index is 13.2. The molecule has 4 rings (SSSR count). The minimum atomic E-state index is 0.0601. The molecule has 0 spiro atoms. The monoisotopic (exact) mass is 354 g/mol. The first-order chi connectivity index (χ1) is 12.2. The van der Waals surface area contributed by atoms with Crippen LogP contribution < -0.4 is 5.32 Å². The lowest BCUT2D eigenvalue weighted by molar-refractivity contribution is -0.116. The fraction of sp³-hybridized carbons (Fsp3) is 0.400. The van der Waals surface area contributed by atoms with Crippen LogP contribution >= 0.6 is 11.3 Å². The van der Waals surface area contributed by atoms with Crippen LogP contribution in [0.25, 0.3) is 0 Å². The lowest BCUT2D eigenvalue weighted by Crippen LogP contribution is -2.39. The molecule has 130 valence electrons. The molecular weight excluding hydrogens is 332 g/mol. The number of carbonyl (C=O) groups excluding carboxylic acids is 2. The minimum Gasteiger partial charge on any atom is -0.331 e. The van der Waals surface area contributed by atoms with Gasteiger partial charge in [-0.15, -0.1) is 11.3 Å². The lowest BCUT2D eigenvalue weighted by atomic mass is 9.96. The third-order valence-corrected chi connectivity index (χ3v) is 6.22. The van der Waals surface area contributed by atoms with Gasteiger partial charge in [0.1, 0.15) is 0 Å². The molecule has 1 N–H and O–H groups in total. The van der Waals surface area contributed by atoms with Gasteiger partial charge in [-0.05, 0) is 66.5 Å². The van der Waals surface area contributed by atoms with Gasteiger partial charge in [-0.1, -0.05) is 6.92 Å². The van der Waals surface area contributed by atoms with Gasteiger partial charge >= 0.3 is 0 Å². The molecule has 0 saturated heterocycles. The third kappa shape index (κ3) is 2.97. The van der Waals surface area contributed by atoms with Crippen LogP contribution in [0, 0.1) is 0 Å². The molecule has 4 nitrogen and oxygen atoms in total. The van der Waals surface area contributed by atoms with E-state index in [-0.39, 0.29) is 17.9 Å². The maximum Gasteiger partial charge on any atom is 0.254 e. The van der Waals surface area contributed by atoms with E-state index < -0.39 is 0 Å². The summed E-state index contributed by atoms with van der Waals surface area (Å²) >= 11 is 1.80. The van der Waals surface area contributed by atoms with E-state index in [0.29, 0.717) is 6.42 Å². The first-order valence-corrected chi connectivity index (χ1v) is 9.85. The number of hydrogen-bond acceptors (Lipinski definition) is 3. The summed E-state index contributed by atoms with van der Waals surface area (Å²) in [6.45, 7) is 2.92. The zero-order valence-corrected chi connectivity index (χ0v) is 15.2. The predicted molar refractivity (Wildman–Crippen MR) is 100 cm³/mol. The third-order valence-electron chi connectivity index (χ3n) is 5.22. The highest BCUT2D eigenvalue weighted by Gasteiger charge is 2.31. The second kappa shape index (κ2) is 6.64. The predicted octanol–water partition coefficient (Wildman–Crippen LogP) is 4.17.